The number of hydrogen-bond acceptors (Lipinski definition) is 4. The maximum atomic E-state index is 4.05. The molecule has 2 N–H and O–H groups in total. The minimum atomic E-state index is 0.811. The zero-order valence-corrected chi connectivity index (χ0v) is 9.21. The van der Waals surface area contributed by atoms with Gasteiger partial charge in [-0.2, -0.15) is 5.10 Å². The van der Waals surface area contributed by atoms with Crippen molar-refractivity contribution in [2.45, 2.75) is 17.0 Å². The van der Waals surface area contributed by atoms with Gasteiger partial charge in [-0.1, -0.05) is 11.8 Å². The van der Waals surface area contributed by atoms with Crippen LogP contribution >= 0.6 is 11.8 Å². The van der Waals surface area contributed by atoms with Gasteiger partial charge in [-0.25, -0.2) is 4.98 Å². The first-order valence-electron chi connectivity index (χ1n) is 4.75. The van der Waals surface area contributed by atoms with Crippen LogP contribution in [0.25, 0.3) is 0 Å². The lowest BCUT2D eigenvalue weighted by Crippen LogP contribution is -1.95. The van der Waals surface area contributed by atoms with Gasteiger partial charge in [0.15, 0.2) is 5.16 Å². The van der Waals surface area contributed by atoms with Crippen LogP contribution in [0.3, 0.4) is 0 Å². The molecule has 15 heavy (non-hydrogen) atoms. The summed E-state index contributed by atoms with van der Waals surface area (Å²) in [6.07, 6.45) is 1.51. The average Bonchev–Trinajstić information content (AvgIpc) is 2.74. The summed E-state index contributed by atoms with van der Waals surface area (Å²) in [6.45, 7) is 3.02. The molecular formula is C10H12N4S. The fraction of sp³-hybridized carbons (Fsp3) is 0.200. The zero-order valence-electron chi connectivity index (χ0n) is 8.40. The molecule has 78 valence electrons. The Hall–Kier alpha value is -1.49. The SMILES string of the molecule is CCNc1ccc(Sc2ncn[nH]2)cc1. The first kappa shape index (κ1) is 10.0. The fourth-order valence-electron chi connectivity index (χ4n) is 1.20. The van der Waals surface area contributed by atoms with Gasteiger partial charge in [0.1, 0.15) is 6.33 Å². The van der Waals surface area contributed by atoms with E-state index in [9.17, 15) is 0 Å². The molecule has 4 nitrogen and oxygen atoms in total. The van der Waals surface area contributed by atoms with Gasteiger partial charge < -0.3 is 5.32 Å². The number of anilines is 1. The van der Waals surface area contributed by atoms with Crippen LogP contribution in [0.5, 0.6) is 0 Å². The van der Waals surface area contributed by atoms with Crippen molar-refractivity contribution in [3.63, 3.8) is 0 Å². The highest BCUT2D eigenvalue weighted by Gasteiger charge is 1.99. The van der Waals surface area contributed by atoms with Gasteiger partial charge in [0.25, 0.3) is 0 Å². The van der Waals surface area contributed by atoms with E-state index in [0.717, 1.165) is 22.3 Å². The van der Waals surface area contributed by atoms with E-state index in [-0.39, 0.29) is 0 Å². The van der Waals surface area contributed by atoms with Crippen LogP contribution in [0.1, 0.15) is 6.92 Å². The minimum Gasteiger partial charge on any atom is -0.385 e. The van der Waals surface area contributed by atoms with Crippen molar-refractivity contribution in [1.82, 2.24) is 15.2 Å². The van der Waals surface area contributed by atoms with Crippen LogP contribution in [0, 0.1) is 0 Å². The second-order valence-corrected chi connectivity index (χ2v) is 4.01. The molecule has 0 amide bonds. The Morgan fingerprint density at radius 1 is 1.33 bits per heavy atom. The number of H-pyrrole nitrogens is 1. The molecule has 0 atom stereocenters. The maximum Gasteiger partial charge on any atom is 0.188 e. The molecule has 0 aliphatic rings. The molecule has 0 saturated carbocycles. The lowest BCUT2D eigenvalue weighted by Gasteiger charge is -2.03. The number of hydrogen-bond donors (Lipinski definition) is 2. The first-order valence-corrected chi connectivity index (χ1v) is 5.57. The molecular weight excluding hydrogens is 208 g/mol. The lowest BCUT2D eigenvalue weighted by atomic mass is 10.3. The van der Waals surface area contributed by atoms with E-state index in [0.29, 0.717) is 0 Å². The van der Waals surface area contributed by atoms with Crippen molar-refractivity contribution in [1.29, 1.82) is 0 Å². The quantitative estimate of drug-likeness (QED) is 0.830. The lowest BCUT2D eigenvalue weighted by molar-refractivity contribution is 0.973. The molecule has 0 bridgehead atoms. The predicted molar refractivity (Wildman–Crippen MR) is 61.1 cm³/mol. The van der Waals surface area contributed by atoms with E-state index >= 15 is 0 Å². The molecule has 0 spiro atoms. The maximum absolute atomic E-state index is 4.05. The molecule has 2 rings (SSSR count). The highest BCUT2D eigenvalue weighted by atomic mass is 32.2. The Morgan fingerprint density at radius 2 is 2.13 bits per heavy atom. The van der Waals surface area contributed by atoms with Crippen molar-refractivity contribution in [3.8, 4) is 0 Å². The summed E-state index contributed by atoms with van der Waals surface area (Å²) in [7, 11) is 0. The molecule has 1 aromatic heterocycles. The third kappa shape index (κ3) is 2.73. The fourth-order valence-corrected chi connectivity index (χ4v) is 1.89. The number of rotatable bonds is 4. The molecule has 2 aromatic rings. The summed E-state index contributed by atoms with van der Waals surface area (Å²) >= 11 is 1.56. The van der Waals surface area contributed by atoms with Crippen LogP contribution < -0.4 is 5.32 Å². The van der Waals surface area contributed by atoms with Gasteiger partial charge in [-0.15, -0.1) is 0 Å². The van der Waals surface area contributed by atoms with Crippen molar-refractivity contribution in [3.05, 3.63) is 30.6 Å². The second kappa shape index (κ2) is 4.84. The normalized spacial score (nSPS) is 10.2. The van der Waals surface area contributed by atoms with Gasteiger partial charge in [0.05, 0.1) is 0 Å². The van der Waals surface area contributed by atoms with Crippen molar-refractivity contribution in [2.24, 2.45) is 0 Å². The molecule has 0 unspecified atom stereocenters. The van der Waals surface area contributed by atoms with E-state index in [1.54, 1.807) is 11.8 Å². The topological polar surface area (TPSA) is 53.6 Å². The molecule has 0 fully saturated rings. The summed E-state index contributed by atoms with van der Waals surface area (Å²) in [5, 5.41) is 10.7. The smallest absolute Gasteiger partial charge is 0.188 e. The number of aromatic nitrogens is 3. The molecule has 1 heterocycles. The summed E-state index contributed by atoms with van der Waals surface area (Å²) in [5.74, 6) is 0. The van der Waals surface area contributed by atoms with E-state index < -0.39 is 0 Å². The average molecular weight is 220 g/mol. The summed E-state index contributed by atoms with van der Waals surface area (Å²) in [4.78, 5) is 5.20. The number of aromatic amines is 1. The molecule has 1 aromatic carbocycles. The Labute approximate surface area is 92.5 Å². The monoisotopic (exact) mass is 220 g/mol. The highest BCUT2D eigenvalue weighted by molar-refractivity contribution is 7.99. The zero-order chi connectivity index (χ0) is 10.5. The predicted octanol–water partition coefficient (Wildman–Crippen LogP) is 2.39. The van der Waals surface area contributed by atoms with Crippen LogP contribution in [0.4, 0.5) is 5.69 Å². The van der Waals surface area contributed by atoms with Crippen LogP contribution in [0.15, 0.2) is 40.6 Å². The number of benzene rings is 1. The van der Waals surface area contributed by atoms with E-state index in [1.807, 2.05) is 0 Å². The first-order chi connectivity index (χ1) is 7.38. The van der Waals surface area contributed by atoms with Gasteiger partial charge in [0, 0.05) is 17.1 Å². The van der Waals surface area contributed by atoms with Gasteiger partial charge in [0.2, 0.25) is 0 Å². The van der Waals surface area contributed by atoms with Gasteiger partial charge >= 0.3 is 0 Å². The Bertz CT molecular complexity index is 396. The van der Waals surface area contributed by atoms with E-state index in [4.69, 9.17) is 0 Å². The molecule has 5 heteroatoms. The molecule has 0 aliphatic heterocycles. The Kier molecular flexibility index (Phi) is 3.24. The van der Waals surface area contributed by atoms with Crippen molar-refractivity contribution in [2.75, 3.05) is 11.9 Å². The Morgan fingerprint density at radius 3 is 2.73 bits per heavy atom. The highest BCUT2D eigenvalue weighted by Crippen LogP contribution is 2.24. The molecule has 0 aliphatic carbocycles. The third-order valence-electron chi connectivity index (χ3n) is 1.84. The summed E-state index contributed by atoms with van der Waals surface area (Å²) < 4.78 is 0. The summed E-state index contributed by atoms with van der Waals surface area (Å²) in [5.41, 5.74) is 1.14. The van der Waals surface area contributed by atoms with Crippen molar-refractivity contribution >= 4 is 17.4 Å². The number of nitrogens with zero attached hydrogens (tertiary/aromatic N) is 2. The van der Waals surface area contributed by atoms with Crippen LogP contribution in [-0.2, 0) is 0 Å². The van der Waals surface area contributed by atoms with E-state index in [2.05, 4.69) is 51.7 Å². The third-order valence-corrected chi connectivity index (χ3v) is 2.74. The largest absolute Gasteiger partial charge is 0.385 e. The number of nitrogens with one attached hydrogen (secondary N) is 2. The molecule has 0 radical (unpaired) electrons. The molecule has 0 saturated heterocycles. The summed E-state index contributed by atoms with van der Waals surface area (Å²) in [6, 6.07) is 8.24. The van der Waals surface area contributed by atoms with Gasteiger partial charge in [-0.3, -0.25) is 5.10 Å². The van der Waals surface area contributed by atoms with Crippen LogP contribution in [-0.4, -0.2) is 21.7 Å². The van der Waals surface area contributed by atoms with Gasteiger partial charge in [-0.05, 0) is 31.2 Å². The van der Waals surface area contributed by atoms with E-state index in [1.165, 1.54) is 6.33 Å². The Balaban J connectivity index is 2.04. The standard InChI is InChI=1S/C10H12N4S/c1-2-11-8-3-5-9(6-4-8)15-10-12-7-13-14-10/h3-7,11H,2H2,1H3,(H,12,13,14). The van der Waals surface area contributed by atoms with Crippen molar-refractivity contribution < 1.29 is 0 Å². The minimum absolute atomic E-state index is 0.811. The van der Waals surface area contributed by atoms with Crippen LogP contribution in [0.2, 0.25) is 0 Å². The second-order valence-electron chi connectivity index (χ2n) is 2.95.